The summed E-state index contributed by atoms with van der Waals surface area (Å²) in [6.45, 7) is 5.07. The minimum absolute atomic E-state index is 0.359. The molecule has 0 radical (unpaired) electrons. The van der Waals surface area contributed by atoms with Crippen molar-refractivity contribution in [1.82, 2.24) is 14.8 Å². The van der Waals surface area contributed by atoms with E-state index in [-0.39, 0.29) is 0 Å². The number of ether oxygens (including phenoxy) is 1. The predicted molar refractivity (Wildman–Crippen MR) is 78.2 cm³/mol. The minimum Gasteiger partial charge on any atom is -0.497 e. The second-order valence-corrected chi connectivity index (χ2v) is 5.18. The monoisotopic (exact) mass is 277 g/mol. The highest BCUT2D eigenvalue weighted by molar-refractivity contribution is 7.71. The van der Waals surface area contributed by atoms with Crippen LogP contribution in [-0.2, 0) is 13.0 Å². The largest absolute Gasteiger partial charge is 0.497 e. The van der Waals surface area contributed by atoms with Gasteiger partial charge in [-0.05, 0) is 36.3 Å². The predicted octanol–water partition coefficient (Wildman–Crippen LogP) is 3.32. The zero-order valence-corrected chi connectivity index (χ0v) is 12.3. The second-order valence-electron chi connectivity index (χ2n) is 4.79. The maximum atomic E-state index is 5.28. The number of nitrogens with zero attached hydrogens (tertiary/aromatic N) is 2. The highest BCUT2D eigenvalue weighted by atomic mass is 32.1. The van der Waals surface area contributed by atoms with Crippen molar-refractivity contribution in [3.05, 3.63) is 40.4 Å². The molecule has 0 amide bonds. The van der Waals surface area contributed by atoms with Crippen molar-refractivity contribution in [2.75, 3.05) is 7.11 Å². The number of hydrogen-bond acceptors (Lipinski definition) is 3. The van der Waals surface area contributed by atoms with Crippen molar-refractivity contribution in [3.8, 4) is 5.75 Å². The van der Waals surface area contributed by atoms with Crippen molar-refractivity contribution in [3.63, 3.8) is 0 Å². The van der Waals surface area contributed by atoms with Gasteiger partial charge in [-0.3, -0.25) is 5.10 Å². The molecule has 102 valence electrons. The topological polar surface area (TPSA) is 42.8 Å². The minimum atomic E-state index is 0.359. The summed E-state index contributed by atoms with van der Waals surface area (Å²) in [6.07, 6.45) is 0.908. The molecule has 0 fully saturated rings. The van der Waals surface area contributed by atoms with E-state index in [0.29, 0.717) is 10.7 Å². The van der Waals surface area contributed by atoms with Crippen LogP contribution in [0.5, 0.6) is 5.75 Å². The molecule has 0 saturated carbocycles. The molecule has 1 N–H and O–H groups in total. The third-order valence-electron chi connectivity index (χ3n) is 3.06. The van der Waals surface area contributed by atoms with E-state index in [2.05, 4.69) is 40.7 Å². The molecule has 0 aliphatic rings. The van der Waals surface area contributed by atoms with Crippen molar-refractivity contribution in [2.45, 2.75) is 32.7 Å². The molecule has 0 spiro atoms. The zero-order valence-electron chi connectivity index (χ0n) is 11.5. The number of methoxy groups -OCH3 is 1. The Hall–Kier alpha value is -1.62. The van der Waals surface area contributed by atoms with E-state index >= 15 is 0 Å². The summed E-state index contributed by atoms with van der Waals surface area (Å²) in [5, 5.41) is 7.15. The molecule has 2 rings (SSSR count). The summed E-state index contributed by atoms with van der Waals surface area (Å²) in [7, 11) is 1.68. The van der Waals surface area contributed by atoms with Gasteiger partial charge in [0.2, 0.25) is 0 Å². The first-order valence-electron chi connectivity index (χ1n) is 6.40. The van der Waals surface area contributed by atoms with Gasteiger partial charge in [0.05, 0.1) is 7.11 Å². The summed E-state index contributed by atoms with van der Waals surface area (Å²) in [6, 6.07) is 8.11. The summed E-state index contributed by atoms with van der Waals surface area (Å²) < 4.78 is 7.99. The van der Waals surface area contributed by atoms with Gasteiger partial charge < -0.3 is 9.30 Å². The van der Waals surface area contributed by atoms with Gasteiger partial charge in [0, 0.05) is 12.5 Å². The van der Waals surface area contributed by atoms with Crippen molar-refractivity contribution < 1.29 is 4.74 Å². The Morgan fingerprint density at radius 1 is 1.42 bits per heavy atom. The van der Waals surface area contributed by atoms with Crippen LogP contribution in [0.4, 0.5) is 0 Å². The van der Waals surface area contributed by atoms with Gasteiger partial charge in [-0.15, -0.1) is 0 Å². The second kappa shape index (κ2) is 6.02. The van der Waals surface area contributed by atoms with Crippen LogP contribution in [0.3, 0.4) is 0 Å². The van der Waals surface area contributed by atoms with E-state index in [1.54, 1.807) is 7.11 Å². The van der Waals surface area contributed by atoms with E-state index in [9.17, 15) is 0 Å². The lowest BCUT2D eigenvalue weighted by atomic mass is 10.1. The Bertz CT molecular complexity index is 601. The van der Waals surface area contributed by atoms with Crippen LogP contribution in [0.2, 0.25) is 0 Å². The molecule has 19 heavy (non-hydrogen) atoms. The lowest BCUT2D eigenvalue weighted by Gasteiger charge is -2.09. The fourth-order valence-electron chi connectivity index (χ4n) is 2.06. The molecule has 0 bridgehead atoms. The fraction of sp³-hybridized carbons (Fsp3) is 0.429. The van der Waals surface area contributed by atoms with E-state index in [1.807, 2.05) is 12.1 Å². The molecule has 0 atom stereocenters. The molecular weight excluding hydrogens is 258 g/mol. The zero-order chi connectivity index (χ0) is 13.8. The van der Waals surface area contributed by atoms with Crippen LogP contribution in [0, 0.1) is 4.77 Å². The Balaban J connectivity index is 2.14. The van der Waals surface area contributed by atoms with Gasteiger partial charge in [0.15, 0.2) is 4.77 Å². The third kappa shape index (κ3) is 3.23. The number of aromatic nitrogens is 3. The molecule has 0 aliphatic carbocycles. The van der Waals surface area contributed by atoms with Crippen LogP contribution < -0.4 is 4.74 Å². The molecule has 0 saturated heterocycles. The Morgan fingerprint density at radius 2 is 2.21 bits per heavy atom. The number of aromatic amines is 1. The Labute approximate surface area is 118 Å². The maximum Gasteiger partial charge on any atom is 0.195 e. The SMILES string of the molecule is COc1cccc(CCn2c(C(C)C)n[nH]c2=S)c1. The normalized spacial score (nSPS) is 10.9. The van der Waals surface area contributed by atoms with Crippen LogP contribution in [0.1, 0.15) is 31.2 Å². The molecule has 2 aromatic rings. The Morgan fingerprint density at radius 3 is 2.89 bits per heavy atom. The molecule has 1 aromatic carbocycles. The molecule has 4 nitrogen and oxygen atoms in total. The molecule has 0 unspecified atom stereocenters. The van der Waals surface area contributed by atoms with Crippen LogP contribution in [-0.4, -0.2) is 21.9 Å². The van der Waals surface area contributed by atoms with Crippen molar-refractivity contribution in [1.29, 1.82) is 0 Å². The quantitative estimate of drug-likeness (QED) is 0.853. The number of H-pyrrole nitrogens is 1. The summed E-state index contributed by atoms with van der Waals surface area (Å²) in [4.78, 5) is 0. The van der Waals surface area contributed by atoms with E-state index in [1.165, 1.54) is 5.56 Å². The summed E-state index contributed by atoms with van der Waals surface area (Å²) in [5.41, 5.74) is 1.23. The molecular formula is C14H19N3OS. The number of aryl methyl sites for hydroxylation is 1. The number of nitrogens with one attached hydrogen (secondary N) is 1. The van der Waals surface area contributed by atoms with Crippen LogP contribution in [0.25, 0.3) is 0 Å². The van der Waals surface area contributed by atoms with Crippen molar-refractivity contribution in [2.24, 2.45) is 0 Å². The standard InChI is InChI=1S/C14H19N3OS/c1-10(2)13-15-16-14(19)17(13)8-7-11-5-4-6-12(9-11)18-3/h4-6,9-10H,7-8H2,1-3H3,(H,16,19). The highest BCUT2D eigenvalue weighted by Gasteiger charge is 2.09. The van der Waals surface area contributed by atoms with Crippen molar-refractivity contribution >= 4 is 12.2 Å². The van der Waals surface area contributed by atoms with Gasteiger partial charge in [-0.1, -0.05) is 26.0 Å². The maximum absolute atomic E-state index is 5.28. The van der Waals surface area contributed by atoms with Gasteiger partial charge in [0.1, 0.15) is 11.6 Å². The average molecular weight is 277 g/mol. The lowest BCUT2D eigenvalue weighted by Crippen LogP contribution is -2.08. The molecule has 5 heteroatoms. The Kier molecular flexibility index (Phi) is 4.37. The van der Waals surface area contributed by atoms with Gasteiger partial charge in [-0.25, -0.2) is 0 Å². The summed E-state index contributed by atoms with van der Waals surface area (Å²) >= 11 is 5.28. The van der Waals surface area contributed by atoms with Gasteiger partial charge >= 0.3 is 0 Å². The first kappa shape index (κ1) is 13.8. The molecule has 1 heterocycles. The van der Waals surface area contributed by atoms with Crippen LogP contribution >= 0.6 is 12.2 Å². The average Bonchev–Trinajstić information content (AvgIpc) is 2.78. The summed E-state index contributed by atoms with van der Waals surface area (Å²) in [5.74, 6) is 2.25. The van der Waals surface area contributed by atoms with E-state index < -0.39 is 0 Å². The smallest absolute Gasteiger partial charge is 0.195 e. The number of rotatable bonds is 5. The molecule has 0 aliphatic heterocycles. The number of hydrogen-bond donors (Lipinski definition) is 1. The lowest BCUT2D eigenvalue weighted by molar-refractivity contribution is 0.414. The fourth-order valence-corrected chi connectivity index (χ4v) is 2.29. The van der Waals surface area contributed by atoms with E-state index in [0.717, 1.165) is 24.5 Å². The van der Waals surface area contributed by atoms with Gasteiger partial charge in [0.25, 0.3) is 0 Å². The first-order chi connectivity index (χ1) is 9.11. The van der Waals surface area contributed by atoms with Gasteiger partial charge in [-0.2, -0.15) is 5.10 Å². The van der Waals surface area contributed by atoms with E-state index in [4.69, 9.17) is 17.0 Å². The molecule has 1 aromatic heterocycles. The number of benzene rings is 1. The first-order valence-corrected chi connectivity index (χ1v) is 6.80. The third-order valence-corrected chi connectivity index (χ3v) is 3.37. The highest BCUT2D eigenvalue weighted by Crippen LogP contribution is 2.16. The van der Waals surface area contributed by atoms with Crippen LogP contribution in [0.15, 0.2) is 24.3 Å².